The first-order chi connectivity index (χ1) is 8.48. The summed E-state index contributed by atoms with van der Waals surface area (Å²) in [7, 11) is 0. The molecule has 5 heteroatoms. The minimum Gasteiger partial charge on any atom is -0.399 e. The molecule has 18 heavy (non-hydrogen) atoms. The molecule has 100 valence electrons. The maximum Gasteiger partial charge on any atom is 0.254 e. The number of benzene rings is 1. The smallest absolute Gasteiger partial charge is 0.254 e. The van der Waals surface area contributed by atoms with Crippen LogP contribution in [0.15, 0.2) is 18.2 Å². The Balaban J connectivity index is 2.94. The van der Waals surface area contributed by atoms with Crippen LogP contribution < -0.4 is 11.1 Å². The van der Waals surface area contributed by atoms with Gasteiger partial charge < -0.3 is 16.2 Å². The summed E-state index contributed by atoms with van der Waals surface area (Å²) in [4.78, 5) is 12.0. The normalized spacial score (nSPS) is 11.3. The summed E-state index contributed by atoms with van der Waals surface area (Å²) in [5.41, 5.74) is 4.92. The molecular formula is C13H19FN2O2. The van der Waals surface area contributed by atoms with Crippen LogP contribution in [-0.2, 0) is 0 Å². The minimum atomic E-state index is -0.703. The van der Waals surface area contributed by atoms with E-state index in [4.69, 9.17) is 5.73 Å². The van der Waals surface area contributed by atoms with Gasteiger partial charge in [-0.15, -0.1) is 0 Å². The Bertz CT molecular complexity index is 423. The van der Waals surface area contributed by atoms with E-state index >= 15 is 0 Å². The van der Waals surface area contributed by atoms with Crippen molar-refractivity contribution in [3.63, 3.8) is 0 Å². The van der Waals surface area contributed by atoms with Crippen molar-refractivity contribution in [3.05, 3.63) is 29.6 Å². The van der Waals surface area contributed by atoms with Crippen LogP contribution in [-0.4, -0.2) is 23.2 Å². The van der Waals surface area contributed by atoms with Crippen LogP contribution >= 0.6 is 0 Å². The van der Waals surface area contributed by atoms with E-state index in [-0.39, 0.29) is 17.9 Å². The number of aliphatic hydroxyl groups excluding tert-OH is 1. The molecule has 0 aliphatic carbocycles. The Hall–Kier alpha value is -1.62. The molecule has 1 aromatic rings. The van der Waals surface area contributed by atoms with Crippen molar-refractivity contribution >= 4 is 11.6 Å². The lowest BCUT2D eigenvalue weighted by molar-refractivity contribution is 0.0814. The highest BCUT2D eigenvalue weighted by atomic mass is 19.1. The highest BCUT2D eigenvalue weighted by molar-refractivity contribution is 5.95. The van der Waals surface area contributed by atoms with Crippen molar-refractivity contribution in [3.8, 4) is 0 Å². The summed E-state index contributed by atoms with van der Waals surface area (Å²) in [6.07, 6.45) is 1.14. The molecule has 0 atom stereocenters. The van der Waals surface area contributed by atoms with E-state index in [9.17, 15) is 14.3 Å². The largest absolute Gasteiger partial charge is 0.399 e. The minimum absolute atomic E-state index is 0.0658. The molecule has 0 saturated carbocycles. The van der Waals surface area contributed by atoms with Crippen LogP contribution in [0, 0.1) is 5.82 Å². The summed E-state index contributed by atoms with van der Waals surface area (Å²) < 4.78 is 13.6. The fraction of sp³-hybridized carbons (Fsp3) is 0.462. The SMILES string of the molecule is CCC(CC)(CO)NC(=O)c1ccc(N)cc1F. The molecule has 0 radical (unpaired) electrons. The third kappa shape index (κ3) is 2.98. The molecule has 1 amide bonds. The van der Waals surface area contributed by atoms with Gasteiger partial charge in [0.2, 0.25) is 0 Å². The fourth-order valence-electron chi connectivity index (χ4n) is 1.71. The molecule has 1 rings (SSSR count). The van der Waals surface area contributed by atoms with Crippen molar-refractivity contribution in [1.82, 2.24) is 5.32 Å². The van der Waals surface area contributed by atoms with E-state index in [1.807, 2.05) is 13.8 Å². The Labute approximate surface area is 106 Å². The summed E-state index contributed by atoms with van der Waals surface area (Å²) >= 11 is 0. The van der Waals surface area contributed by atoms with Crippen molar-refractivity contribution in [2.24, 2.45) is 0 Å². The number of nitrogens with one attached hydrogen (secondary N) is 1. The fourth-order valence-corrected chi connectivity index (χ4v) is 1.71. The van der Waals surface area contributed by atoms with Gasteiger partial charge in [0.05, 0.1) is 17.7 Å². The van der Waals surface area contributed by atoms with Crippen LogP contribution in [0.1, 0.15) is 37.0 Å². The molecule has 0 saturated heterocycles. The number of aliphatic hydroxyl groups is 1. The Morgan fingerprint density at radius 3 is 2.50 bits per heavy atom. The van der Waals surface area contributed by atoms with E-state index in [1.54, 1.807) is 0 Å². The molecule has 0 aliphatic rings. The Morgan fingerprint density at radius 1 is 1.44 bits per heavy atom. The number of anilines is 1. The van der Waals surface area contributed by atoms with Crippen LogP contribution in [0.25, 0.3) is 0 Å². The van der Waals surface area contributed by atoms with E-state index in [0.29, 0.717) is 12.8 Å². The second kappa shape index (κ2) is 5.82. The van der Waals surface area contributed by atoms with E-state index in [1.165, 1.54) is 12.1 Å². The number of nitrogen functional groups attached to an aromatic ring is 1. The monoisotopic (exact) mass is 254 g/mol. The number of hydrogen-bond acceptors (Lipinski definition) is 3. The first kappa shape index (κ1) is 14.4. The van der Waals surface area contributed by atoms with Gasteiger partial charge in [0, 0.05) is 5.69 Å². The molecule has 0 heterocycles. The van der Waals surface area contributed by atoms with Gasteiger partial charge in [-0.05, 0) is 31.0 Å². The lowest BCUT2D eigenvalue weighted by Crippen LogP contribution is -2.50. The third-order valence-corrected chi connectivity index (χ3v) is 3.27. The number of rotatable bonds is 5. The maximum absolute atomic E-state index is 13.6. The summed E-state index contributed by atoms with van der Waals surface area (Å²) in [6.45, 7) is 3.54. The Kier molecular flexibility index (Phi) is 4.67. The van der Waals surface area contributed by atoms with Crippen molar-refractivity contribution in [2.45, 2.75) is 32.2 Å². The topological polar surface area (TPSA) is 75.3 Å². The standard InChI is InChI=1S/C13H19FN2O2/c1-3-13(4-2,8-17)16-12(18)10-6-5-9(15)7-11(10)14/h5-7,17H,3-4,8,15H2,1-2H3,(H,16,18). The molecule has 0 aliphatic heterocycles. The van der Waals surface area contributed by atoms with Gasteiger partial charge in [-0.2, -0.15) is 0 Å². The van der Waals surface area contributed by atoms with Crippen LogP contribution in [0.3, 0.4) is 0 Å². The van der Waals surface area contributed by atoms with Crippen molar-refractivity contribution < 1.29 is 14.3 Å². The first-order valence-corrected chi connectivity index (χ1v) is 5.96. The second-order valence-corrected chi connectivity index (χ2v) is 4.34. The zero-order valence-corrected chi connectivity index (χ0v) is 10.7. The summed E-state index contributed by atoms with van der Waals surface area (Å²) in [5.74, 6) is -1.20. The molecule has 0 unspecified atom stereocenters. The van der Waals surface area contributed by atoms with Gasteiger partial charge in [-0.25, -0.2) is 4.39 Å². The molecule has 1 aromatic carbocycles. The molecule has 0 aromatic heterocycles. The van der Waals surface area contributed by atoms with Gasteiger partial charge in [0.15, 0.2) is 0 Å². The van der Waals surface area contributed by atoms with Crippen LogP contribution in [0.2, 0.25) is 0 Å². The van der Waals surface area contributed by atoms with Gasteiger partial charge in [-0.1, -0.05) is 13.8 Å². The molecule has 0 spiro atoms. The first-order valence-electron chi connectivity index (χ1n) is 5.96. The zero-order chi connectivity index (χ0) is 13.8. The predicted molar refractivity (Wildman–Crippen MR) is 68.7 cm³/mol. The third-order valence-electron chi connectivity index (χ3n) is 3.27. The second-order valence-electron chi connectivity index (χ2n) is 4.34. The highest BCUT2D eigenvalue weighted by Gasteiger charge is 2.28. The summed E-state index contributed by atoms with van der Waals surface area (Å²) in [5, 5.41) is 12.0. The quantitative estimate of drug-likeness (QED) is 0.700. The number of carbonyl (C=O) groups is 1. The van der Waals surface area contributed by atoms with Gasteiger partial charge in [0.1, 0.15) is 5.82 Å². The predicted octanol–water partition coefficient (Wildman–Crippen LogP) is 1.69. The van der Waals surface area contributed by atoms with E-state index < -0.39 is 17.3 Å². The van der Waals surface area contributed by atoms with E-state index in [0.717, 1.165) is 6.07 Å². The number of nitrogens with two attached hydrogens (primary N) is 1. The lowest BCUT2D eigenvalue weighted by atomic mass is 9.93. The molecule has 4 N–H and O–H groups in total. The molecule has 4 nitrogen and oxygen atoms in total. The van der Waals surface area contributed by atoms with Crippen molar-refractivity contribution in [2.75, 3.05) is 12.3 Å². The summed E-state index contributed by atoms with van der Waals surface area (Å²) in [6, 6.07) is 3.91. The van der Waals surface area contributed by atoms with Crippen LogP contribution in [0.4, 0.5) is 10.1 Å². The molecule has 0 fully saturated rings. The average molecular weight is 254 g/mol. The van der Waals surface area contributed by atoms with Gasteiger partial charge in [-0.3, -0.25) is 4.79 Å². The zero-order valence-electron chi connectivity index (χ0n) is 10.7. The van der Waals surface area contributed by atoms with E-state index in [2.05, 4.69) is 5.32 Å². The number of carbonyl (C=O) groups excluding carboxylic acids is 1. The lowest BCUT2D eigenvalue weighted by Gasteiger charge is -2.30. The van der Waals surface area contributed by atoms with Gasteiger partial charge in [0.25, 0.3) is 5.91 Å². The number of hydrogen-bond donors (Lipinski definition) is 3. The number of halogens is 1. The maximum atomic E-state index is 13.6. The van der Waals surface area contributed by atoms with Crippen molar-refractivity contribution in [1.29, 1.82) is 0 Å². The highest BCUT2D eigenvalue weighted by Crippen LogP contribution is 2.17. The van der Waals surface area contributed by atoms with Gasteiger partial charge >= 0.3 is 0 Å². The number of amides is 1. The van der Waals surface area contributed by atoms with Crippen LogP contribution in [0.5, 0.6) is 0 Å². The molecule has 0 bridgehead atoms. The Morgan fingerprint density at radius 2 is 2.06 bits per heavy atom. The molecular weight excluding hydrogens is 235 g/mol. The average Bonchev–Trinajstić information content (AvgIpc) is 2.36.